The minimum absolute atomic E-state index is 0.124. The highest BCUT2D eigenvalue weighted by molar-refractivity contribution is 5.80. The highest BCUT2D eigenvalue weighted by atomic mass is 16.2. The van der Waals surface area contributed by atoms with Crippen molar-refractivity contribution >= 4 is 16.8 Å². The quantitative estimate of drug-likeness (QED) is 0.783. The van der Waals surface area contributed by atoms with Crippen LogP contribution in [0.1, 0.15) is 29.8 Å². The molecule has 0 spiro atoms. The number of nitrogens with zero attached hydrogens (tertiary/aromatic N) is 4. The van der Waals surface area contributed by atoms with E-state index in [-0.39, 0.29) is 24.1 Å². The van der Waals surface area contributed by atoms with E-state index in [0.717, 1.165) is 5.56 Å². The van der Waals surface area contributed by atoms with Crippen molar-refractivity contribution in [2.24, 2.45) is 7.05 Å². The standard InChI is InChI=1S/C18H21N5O2/c1-11-5-7-14(8-6-11)12(2)20-16(24)10-23-18(25)15-9-19-22(4)17(15)13(3)21-23/h5-9,12H,10H2,1-4H3,(H,20,24). The number of rotatable bonds is 4. The molecule has 2 aromatic heterocycles. The van der Waals surface area contributed by atoms with Gasteiger partial charge in [0.1, 0.15) is 6.54 Å². The van der Waals surface area contributed by atoms with Gasteiger partial charge in [-0.05, 0) is 26.3 Å². The molecule has 0 bridgehead atoms. The molecule has 7 nitrogen and oxygen atoms in total. The minimum atomic E-state index is -0.313. The SMILES string of the molecule is Cc1ccc(C(C)NC(=O)Cn2nc(C)c3c(cnn3C)c2=O)cc1. The molecule has 3 aromatic rings. The zero-order chi connectivity index (χ0) is 18.1. The molecule has 0 saturated carbocycles. The molecule has 25 heavy (non-hydrogen) atoms. The summed E-state index contributed by atoms with van der Waals surface area (Å²) in [7, 11) is 1.76. The molecule has 0 radical (unpaired) electrons. The molecule has 1 unspecified atom stereocenters. The Balaban J connectivity index is 1.79. The molecular formula is C18H21N5O2. The third-order valence-electron chi connectivity index (χ3n) is 4.27. The van der Waals surface area contributed by atoms with Crippen molar-refractivity contribution in [2.45, 2.75) is 33.4 Å². The third kappa shape index (κ3) is 3.31. The predicted molar refractivity (Wildman–Crippen MR) is 95.2 cm³/mol. The lowest BCUT2D eigenvalue weighted by atomic mass is 10.1. The Morgan fingerprint density at radius 3 is 2.60 bits per heavy atom. The lowest BCUT2D eigenvalue weighted by Gasteiger charge is -2.15. The van der Waals surface area contributed by atoms with Gasteiger partial charge in [0.15, 0.2) is 0 Å². The molecule has 7 heteroatoms. The molecule has 0 aliphatic carbocycles. The maximum atomic E-state index is 12.5. The Hall–Kier alpha value is -2.96. The monoisotopic (exact) mass is 339 g/mol. The van der Waals surface area contributed by atoms with Gasteiger partial charge >= 0.3 is 0 Å². The van der Waals surface area contributed by atoms with Gasteiger partial charge in [-0.2, -0.15) is 10.2 Å². The number of carbonyl (C=O) groups is 1. The summed E-state index contributed by atoms with van der Waals surface area (Å²) < 4.78 is 2.81. The topological polar surface area (TPSA) is 81.8 Å². The Bertz CT molecular complexity index is 985. The largest absolute Gasteiger partial charge is 0.348 e. The molecule has 0 aliphatic heterocycles. The number of aromatic nitrogens is 4. The Labute approximate surface area is 145 Å². The predicted octanol–water partition coefficient (Wildman–Crippen LogP) is 1.62. The molecule has 130 valence electrons. The fourth-order valence-corrected chi connectivity index (χ4v) is 2.90. The number of hydrogen-bond acceptors (Lipinski definition) is 4. The molecule has 3 rings (SSSR count). The Kier molecular flexibility index (Phi) is 4.39. The van der Waals surface area contributed by atoms with E-state index >= 15 is 0 Å². The molecular weight excluding hydrogens is 318 g/mol. The average molecular weight is 339 g/mol. The summed E-state index contributed by atoms with van der Waals surface area (Å²) in [6, 6.07) is 7.83. The van der Waals surface area contributed by atoms with E-state index in [9.17, 15) is 9.59 Å². The van der Waals surface area contributed by atoms with Crippen LogP contribution in [0.3, 0.4) is 0 Å². The van der Waals surface area contributed by atoms with E-state index in [4.69, 9.17) is 0 Å². The Morgan fingerprint density at radius 2 is 1.92 bits per heavy atom. The summed E-state index contributed by atoms with van der Waals surface area (Å²) in [5.74, 6) is -0.259. The fraction of sp³-hybridized carbons (Fsp3) is 0.333. The number of hydrogen-bond donors (Lipinski definition) is 1. The summed E-state index contributed by atoms with van der Waals surface area (Å²) in [4.78, 5) is 24.8. The van der Waals surface area contributed by atoms with Gasteiger partial charge in [-0.15, -0.1) is 0 Å². The Morgan fingerprint density at radius 1 is 1.24 bits per heavy atom. The van der Waals surface area contributed by atoms with Crippen molar-refractivity contribution in [3.8, 4) is 0 Å². The summed E-state index contributed by atoms with van der Waals surface area (Å²) in [6.07, 6.45) is 1.51. The van der Waals surface area contributed by atoms with Crippen LogP contribution in [0.2, 0.25) is 0 Å². The second kappa shape index (κ2) is 6.51. The second-order valence-corrected chi connectivity index (χ2v) is 6.28. The molecule has 1 aromatic carbocycles. The van der Waals surface area contributed by atoms with Crippen LogP contribution >= 0.6 is 0 Å². The van der Waals surface area contributed by atoms with Crippen LogP contribution in [0.5, 0.6) is 0 Å². The summed E-state index contributed by atoms with van der Waals surface area (Å²) in [5, 5.41) is 11.7. The van der Waals surface area contributed by atoms with Crippen LogP contribution in [0.15, 0.2) is 35.3 Å². The van der Waals surface area contributed by atoms with Crippen LogP contribution < -0.4 is 10.9 Å². The van der Waals surface area contributed by atoms with Crippen molar-refractivity contribution < 1.29 is 4.79 Å². The van der Waals surface area contributed by atoms with Crippen LogP contribution in [0.25, 0.3) is 10.9 Å². The number of aryl methyl sites for hydroxylation is 3. The second-order valence-electron chi connectivity index (χ2n) is 6.28. The number of carbonyl (C=O) groups excluding carboxylic acids is 1. The average Bonchev–Trinajstić information content (AvgIpc) is 2.95. The smallest absolute Gasteiger partial charge is 0.278 e. The number of nitrogens with one attached hydrogen (secondary N) is 1. The van der Waals surface area contributed by atoms with Crippen molar-refractivity contribution in [3.05, 3.63) is 57.6 Å². The van der Waals surface area contributed by atoms with Crippen molar-refractivity contribution in [3.63, 3.8) is 0 Å². The molecule has 1 N–H and O–H groups in total. The van der Waals surface area contributed by atoms with E-state index in [1.807, 2.05) is 38.1 Å². The first kappa shape index (κ1) is 16.9. The van der Waals surface area contributed by atoms with Crippen LogP contribution in [-0.2, 0) is 18.4 Å². The van der Waals surface area contributed by atoms with Gasteiger partial charge in [-0.3, -0.25) is 14.3 Å². The van der Waals surface area contributed by atoms with E-state index in [1.54, 1.807) is 18.7 Å². The summed E-state index contributed by atoms with van der Waals surface area (Å²) in [6.45, 7) is 5.60. The zero-order valence-electron chi connectivity index (χ0n) is 14.8. The lowest BCUT2D eigenvalue weighted by Crippen LogP contribution is -2.35. The van der Waals surface area contributed by atoms with Gasteiger partial charge in [-0.25, -0.2) is 4.68 Å². The normalized spacial score (nSPS) is 12.3. The number of benzene rings is 1. The maximum absolute atomic E-state index is 12.5. The van der Waals surface area contributed by atoms with Gasteiger partial charge in [0.05, 0.1) is 28.8 Å². The van der Waals surface area contributed by atoms with E-state index < -0.39 is 0 Å². The van der Waals surface area contributed by atoms with Gasteiger partial charge in [-0.1, -0.05) is 29.8 Å². The summed E-state index contributed by atoms with van der Waals surface area (Å²) >= 11 is 0. The number of amides is 1. The zero-order valence-corrected chi connectivity index (χ0v) is 14.8. The third-order valence-corrected chi connectivity index (χ3v) is 4.27. The lowest BCUT2D eigenvalue weighted by molar-refractivity contribution is -0.122. The van der Waals surface area contributed by atoms with Gasteiger partial charge in [0, 0.05) is 7.05 Å². The van der Waals surface area contributed by atoms with Crippen LogP contribution in [0.4, 0.5) is 0 Å². The van der Waals surface area contributed by atoms with E-state index in [0.29, 0.717) is 16.6 Å². The molecule has 1 amide bonds. The molecule has 2 heterocycles. The minimum Gasteiger partial charge on any atom is -0.348 e. The van der Waals surface area contributed by atoms with Crippen molar-refractivity contribution in [1.29, 1.82) is 0 Å². The first-order chi connectivity index (χ1) is 11.9. The van der Waals surface area contributed by atoms with Crippen LogP contribution in [0, 0.1) is 13.8 Å². The first-order valence-corrected chi connectivity index (χ1v) is 8.12. The van der Waals surface area contributed by atoms with Crippen LogP contribution in [-0.4, -0.2) is 25.5 Å². The van der Waals surface area contributed by atoms with Gasteiger partial charge in [0.2, 0.25) is 5.91 Å². The highest BCUT2D eigenvalue weighted by Crippen LogP contribution is 2.13. The summed E-state index contributed by atoms with van der Waals surface area (Å²) in [5.41, 5.74) is 3.21. The highest BCUT2D eigenvalue weighted by Gasteiger charge is 2.15. The molecule has 0 fully saturated rings. The first-order valence-electron chi connectivity index (χ1n) is 8.12. The maximum Gasteiger partial charge on any atom is 0.278 e. The molecule has 0 saturated heterocycles. The van der Waals surface area contributed by atoms with Gasteiger partial charge < -0.3 is 5.32 Å². The number of fused-ring (bicyclic) bond motifs is 1. The van der Waals surface area contributed by atoms with Crippen molar-refractivity contribution in [2.75, 3.05) is 0 Å². The molecule has 0 aliphatic rings. The molecule has 1 atom stereocenters. The fourth-order valence-electron chi connectivity index (χ4n) is 2.90. The van der Waals surface area contributed by atoms with Gasteiger partial charge in [0.25, 0.3) is 5.56 Å². The van der Waals surface area contributed by atoms with E-state index in [2.05, 4.69) is 15.5 Å². The van der Waals surface area contributed by atoms with Crippen molar-refractivity contribution in [1.82, 2.24) is 24.9 Å². The van der Waals surface area contributed by atoms with E-state index in [1.165, 1.54) is 16.4 Å².